The van der Waals surface area contributed by atoms with E-state index in [0.29, 0.717) is 36.0 Å². The minimum Gasteiger partial charge on any atom is -0.379 e. The highest BCUT2D eigenvalue weighted by molar-refractivity contribution is 6.31. The van der Waals surface area contributed by atoms with Gasteiger partial charge >= 0.3 is 6.18 Å². The number of hydrogen-bond acceptors (Lipinski definition) is 2. The van der Waals surface area contributed by atoms with Gasteiger partial charge < -0.3 is 14.8 Å². The molecule has 3 nitrogen and oxygen atoms in total. The Morgan fingerprint density at radius 2 is 2.04 bits per heavy atom. The molecule has 8 heteroatoms. The summed E-state index contributed by atoms with van der Waals surface area (Å²) in [5, 5.41) is 3.80. The molecule has 1 fully saturated rings. The van der Waals surface area contributed by atoms with Crippen LogP contribution in [-0.2, 0) is 6.54 Å². The fraction of sp³-hybridized carbons (Fsp3) is 0.556. The number of likely N-dealkylation sites (tertiary alicyclic amines) is 1. The molecule has 2 atom stereocenters. The summed E-state index contributed by atoms with van der Waals surface area (Å²) < 4.78 is 54.6. The molecule has 1 N–H and O–H groups in total. The van der Waals surface area contributed by atoms with Crippen LogP contribution in [0.1, 0.15) is 19.8 Å². The predicted molar refractivity (Wildman–Crippen MR) is 96.7 cm³/mol. The lowest BCUT2D eigenvalue weighted by Gasteiger charge is -2.30. The van der Waals surface area contributed by atoms with E-state index >= 15 is 4.39 Å². The fourth-order valence-corrected chi connectivity index (χ4v) is 3.73. The normalized spacial score (nSPS) is 25.4. The first-order valence-electron chi connectivity index (χ1n) is 8.55. The quantitative estimate of drug-likeness (QED) is 0.735. The van der Waals surface area contributed by atoms with Gasteiger partial charge in [-0.3, -0.25) is 0 Å². The smallest absolute Gasteiger partial charge is 0.379 e. The third-order valence-electron chi connectivity index (χ3n) is 5.07. The van der Waals surface area contributed by atoms with Crippen molar-refractivity contribution in [3.8, 4) is 0 Å². The maximum Gasteiger partial charge on any atom is 0.406 e. The van der Waals surface area contributed by atoms with Crippen molar-refractivity contribution in [2.24, 2.45) is 0 Å². The van der Waals surface area contributed by atoms with Gasteiger partial charge in [-0.2, -0.15) is 13.2 Å². The number of fused-ring (bicyclic) bond motifs is 1. The molecule has 1 aliphatic heterocycles. The van der Waals surface area contributed by atoms with Crippen molar-refractivity contribution < 1.29 is 17.6 Å². The van der Waals surface area contributed by atoms with Crippen LogP contribution in [0.3, 0.4) is 0 Å². The maximum atomic E-state index is 15.1. The van der Waals surface area contributed by atoms with E-state index in [1.54, 1.807) is 25.1 Å². The highest BCUT2D eigenvalue weighted by Crippen LogP contribution is 2.35. The monoisotopic (exact) mass is 391 g/mol. The van der Waals surface area contributed by atoms with Crippen molar-refractivity contribution >= 4 is 28.2 Å². The number of aromatic nitrogens is 1. The van der Waals surface area contributed by atoms with Crippen LogP contribution in [0.25, 0.3) is 10.9 Å². The molecular formula is C18H22ClF4N3. The van der Waals surface area contributed by atoms with Crippen molar-refractivity contribution in [2.45, 2.75) is 44.2 Å². The van der Waals surface area contributed by atoms with Gasteiger partial charge in [0.2, 0.25) is 0 Å². The summed E-state index contributed by atoms with van der Waals surface area (Å²) >= 11 is 6.04. The fourth-order valence-electron chi connectivity index (χ4n) is 3.47. The van der Waals surface area contributed by atoms with E-state index in [9.17, 15) is 13.2 Å². The van der Waals surface area contributed by atoms with Crippen LogP contribution < -0.4 is 5.32 Å². The van der Waals surface area contributed by atoms with Gasteiger partial charge in [0, 0.05) is 17.6 Å². The highest BCUT2D eigenvalue weighted by Gasteiger charge is 2.37. The summed E-state index contributed by atoms with van der Waals surface area (Å²) in [5.74, 6) is 0. The average molecular weight is 392 g/mol. The van der Waals surface area contributed by atoms with Crippen LogP contribution in [0.2, 0.25) is 5.15 Å². The molecule has 1 saturated heterocycles. The van der Waals surface area contributed by atoms with Gasteiger partial charge in [-0.15, -0.1) is 0 Å². The van der Waals surface area contributed by atoms with Crippen molar-refractivity contribution in [2.75, 3.05) is 25.5 Å². The molecule has 0 aliphatic carbocycles. The molecule has 3 rings (SSSR count). The second kappa shape index (κ2) is 6.93. The first-order chi connectivity index (χ1) is 12.1. The third-order valence-corrected chi connectivity index (χ3v) is 5.38. The first-order valence-corrected chi connectivity index (χ1v) is 8.93. The average Bonchev–Trinajstić information content (AvgIpc) is 2.77. The third kappa shape index (κ3) is 4.09. The van der Waals surface area contributed by atoms with Gasteiger partial charge in [0.15, 0.2) is 0 Å². The van der Waals surface area contributed by atoms with Crippen molar-refractivity contribution in [3.63, 3.8) is 0 Å². The molecule has 0 unspecified atom stereocenters. The Bertz CT molecular complexity index is 785. The zero-order chi connectivity index (χ0) is 19.1. The van der Waals surface area contributed by atoms with Crippen LogP contribution >= 0.6 is 11.6 Å². The van der Waals surface area contributed by atoms with Crippen LogP contribution in [-0.4, -0.2) is 47.5 Å². The summed E-state index contributed by atoms with van der Waals surface area (Å²) in [5.41, 5.74) is -0.432. The Morgan fingerprint density at radius 3 is 2.73 bits per heavy atom. The molecule has 2 heterocycles. The van der Waals surface area contributed by atoms with E-state index in [0.717, 1.165) is 11.1 Å². The lowest BCUT2D eigenvalue weighted by molar-refractivity contribution is -0.139. The van der Waals surface area contributed by atoms with Gasteiger partial charge in [0.1, 0.15) is 17.4 Å². The van der Waals surface area contributed by atoms with Gasteiger partial charge in [0.05, 0.1) is 11.6 Å². The molecule has 1 aliphatic rings. The Hall–Kier alpha value is -1.47. The molecule has 0 radical (unpaired) electrons. The maximum absolute atomic E-state index is 15.1. The number of nitrogens with zero attached hydrogens (tertiary/aromatic N) is 2. The zero-order valence-corrected chi connectivity index (χ0v) is 15.5. The molecule has 0 saturated carbocycles. The van der Waals surface area contributed by atoms with Gasteiger partial charge in [-0.05, 0) is 51.6 Å². The van der Waals surface area contributed by atoms with E-state index in [4.69, 9.17) is 11.6 Å². The number of alkyl halides is 4. The first kappa shape index (κ1) is 19.3. The van der Waals surface area contributed by atoms with E-state index in [-0.39, 0.29) is 5.15 Å². The Morgan fingerprint density at radius 1 is 1.31 bits per heavy atom. The molecule has 1 aromatic carbocycles. The van der Waals surface area contributed by atoms with E-state index < -0.39 is 24.4 Å². The van der Waals surface area contributed by atoms with Crippen LogP contribution in [0.5, 0.6) is 0 Å². The number of anilines is 1. The SMILES string of the molecule is CN1CC[C@@H](Nc2cccc3c2cc(Cl)n3CC(F)(F)F)[C@](C)(F)CC1. The topological polar surface area (TPSA) is 20.2 Å². The number of hydrogen-bond donors (Lipinski definition) is 1. The van der Waals surface area contributed by atoms with E-state index in [1.165, 1.54) is 6.07 Å². The largest absolute Gasteiger partial charge is 0.406 e. The summed E-state index contributed by atoms with van der Waals surface area (Å²) in [6, 6.07) is 6.08. The number of rotatable bonds is 3. The number of halogens is 5. The van der Waals surface area contributed by atoms with Crippen molar-refractivity contribution in [1.82, 2.24) is 9.47 Å². The molecule has 0 bridgehead atoms. The second-order valence-corrected chi connectivity index (χ2v) is 7.61. The van der Waals surface area contributed by atoms with Gasteiger partial charge in [0.25, 0.3) is 0 Å². The van der Waals surface area contributed by atoms with Crippen molar-refractivity contribution in [3.05, 3.63) is 29.4 Å². The van der Waals surface area contributed by atoms with E-state index in [2.05, 4.69) is 10.2 Å². The Balaban J connectivity index is 1.94. The number of benzene rings is 1. The molecule has 144 valence electrons. The summed E-state index contributed by atoms with van der Waals surface area (Å²) in [4.78, 5) is 2.08. The molecule has 0 amide bonds. The summed E-state index contributed by atoms with van der Waals surface area (Å²) in [7, 11) is 1.95. The molecular weight excluding hydrogens is 370 g/mol. The van der Waals surface area contributed by atoms with Gasteiger partial charge in [-0.25, -0.2) is 4.39 Å². The number of nitrogens with one attached hydrogen (secondary N) is 1. The Kier molecular flexibility index (Phi) is 5.14. The Labute approximate surface area is 154 Å². The molecule has 0 spiro atoms. The lowest BCUT2D eigenvalue weighted by Crippen LogP contribution is -2.40. The lowest BCUT2D eigenvalue weighted by atomic mass is 9.93. The predicted octanol–water partition coefficient (Wildman–Crippen LogP) is 5.09. The van der Waals surface area contributed by atoms with Crippen molar-refractivity contribution in [1.29, 1.82) is 0 Å². The molecule has 2 aromatic rings. The minimum atomic E-state index is -4.37. The van der Waals surface area contributed by atoms with Crippen LogP contribution in [0.15, 0.2) is 24.3 Å². The van der Waals surface area contributed by atoms with Crippen LogP contribution in [0.4, 0.5) is 23.2 Å². The summed E-state index contributed by atoms with van der Waals surface area (Å²) in [6.45, 7) is 1.84. The summed E-state index contributed by atoms with van der Waals surface area (Å²) in [6.07, 6.45) is -3.37. The van der Waals surface area contributed by atoms with E-state index in [1.807, 2.05) is 7.05 Å². The van der Waals surface area contributed by atoms with Crippen LogP contribution in [0, 0.1) is 0 Å². The standard InChI is InChI=1S/C18H22ClF4N3/c1-17(20)7-9-25(2)8-6-15(17)24-13-4-3-5-14-12(13)10-16(19)26(14)11-18(21,22)23/h3-5,10,15,24H,6-9,11H2,1-2H3/t15-,17-/m1/s1. The molecule has 1 aromatic heterocycles. The second-order valence-electron chi connectivity index (χ2n) is 7.22. The minimum absolute atomic E-state index is 0.00943. The zero-order valence-electron chi connectivity index (χ0n) is 14.7. The van der Waals surface area contributed by atoms with Gasteiger partial charge in [-0.1, -0.05) is 17.7 Å². The highest BCUT2D eigenvalue weighted by atomic mass is 35.5. The molecule has 26 heavy (non-hydrogen) atoms.